The molecule has 1 aliphatic rings. The molecule has 28 heavy (non-hydrogen) atoms. The average Bonchev–Trinajstić information content (AvgIpc) is 3.16. The Balaban J connectivity index is 1.64. The van der Waals surface area contributed by atoms with Crippen LogP contribution in [0.15, 0.2) is 52.0 Å². The van der Waals surface area contributed by atoms with Crippen LogP contribution in [0.1, 0.15) is 30.8 Å². The molecule has 0 spiro atoms. The summed E-state index contributed by atoms with van der Waals surface area (Å²) in [7, 11) is -3.53. The van der Waals surface area contributed by atoms with Gasteiger partial charge in [-0.3, -0.25) is 10.1 Å². The van der Waals surface area contributed by atoms with Crippen molar-refractivity contribution in [3.8, 4) is 0 Å². The Hall–Kier alpha value is -2.23. The Morgan fingerprint density at radius 3 is 2.36 bits per heavy atom. The van der Waals surface area contributed by atoms with Gasteiger partial charge in [0, 0.05) is 18.8 Å². The van der Waals surface area contributed by atoms with Crippen molar-refractivity contribution in [1.82, 2.24) is 9.62 Å². The highest BCUT2D eigenvalue weighted by Gasteiger charge is 2.31. The highest BCUT2D eigenvalue weighted by Crippen LogP contribution is 2.27. The maximum atomic E-state index is 12.9. The zero-order valence-electron chi connectivity index (χ0n) is 15.7. The van der Waals surface area contributed by atoms with Crippen LogP contribution in [0, 0.1) is 11.8 Å². The van der Waals surface area contributed by atoms with E-state index in [4.69, 9.17) is 16.6 Å². The van der Waals surface area contributed by atoms with Gasteiger partial charge in [-0.1, -0.05) is 13.8 Å². The number of thiocarbonyl (C=S) groups is 1. The van der Waals surface area contributed by atoms with Gasteiger partial charge < -0.3 is 9.73 Å². The van der Waals surface area contributed by atoms with Crippen molar-refractivity contribution in [2.45, 2.75) is 25.2 Å². The number of anilines is 1. The van der Waals surface area contributed by atoms with Crippen molar-refractivity contribution in [2.24, 2.45) is 11.8 Å². The standard InChI is InChI=1S/C19H23N3O4S2/c1-13-10-14(2)12-22(11-13)28(24,25)16-7-5-15(6-8-16)20-19(27)21-18(23)17-4-3-9-26-17/h3-9,13-14H,10-12H2,1-2H3,(H2,20,21,23,27). The first-order chi connectivity index (χ1) is 13.3. The third-order valence-corrected chi connectivity index (χ3v) is 6.61. The molecule has 1 amide bonds. The third kappa shape index (κ3) is 4.78. The zero-order chi connectivity index (χ0) is 20.3. The summed E-state index contributed by atoms with van der Waals surface area (Å²) in [6.45, 7) is 5.22. The van der Waals surface area contributed by atoms with E-state index in [0.29, 0.717) is 30.6 Å². The fourth-order valence-corrected chi connectivity index (χ4v) is 5.29. The number of hydrogen-bond donors (Lipinski definition) is 2. The van der Waals surface area contributed by atoms with E-state index in [-0.39, 0.29) is 15.8 Å². The van der Waals surface area contributed by atoms with Crippen LogP contribution in [-0.2, 0) is 10.0 Å². The molecule has 0 bridgehead atoms. The number of hydrogen-bond acceptors (Lipinski definition) is 5. The van der Waals surface area contributed by atoms with Crippen molar-refractivity contribution >= 4 is 38.9 Å². The van der Waals surface area contributed by atoms with Crippen LogP contribution in [-0.4, -0.2) is 36.8 Å². The lowest BCUT2D eigenvalue weighted by Crippen LogP contribution is -2.42. The molecular weight excluding hydrogens is 398 g/mol. The second-order valence-corrected chi connectivity index (χ2v) is 9.52. The molecule has 2 atom stereocenters. The lowest BCUT2D eigenvalue weighted by molar-refractivity contribution is 0.0950. The minimum absolute atomic E-state index is 0.0932. The summed E-state index contributed by atoms with van der Waals surface area (Å²) in [6, 6.07) is 9.45. The summed E-state index contributed by atoms with van der Waals surface area (Å²) in [5.41, 5.74) is 0.573. The number of carbonyl (C=O) groups is 1. The zero-order valence-corrected chi connectivity index (χ0v) is 17.3. The first kappa shape index (κ1) is 20.5. The molecule has 2 N–H and O–H groups in total. The van der Waals surface area contributed by atoms with Crippen LogP contribution in [0.5, 0.6) is 0 Å². The summed E-state index contributed by atoms with van der Waals surface area (Å²) < 4.78 is 32.4. The van der Waals surface area contributed by atoms with Crippen LogP contribution in [0.4, 0.5) is 5.69 Å². The second kappa shape index (κ2) is 8.42. The fourth-order valence-electron chi connectivity index (χ4n) is 3.40. The van der Waals surface area contributed by atoms with E-state index >= 15 is 0 Å². The number of amides is 1. The third-order valence-electron chi connectivity index (χ3n) is 4.56. The Morgan fingerprint density at radius 2 is 1.79 bits per heavy atom. The molecule has 1 aliphatic heterocycles. The van der Waals surface area contributed by atoms with E-state index in [0.717, 1.165) is 6.42 Å². The number of carbonyl (C=O) groups excluding carboxylic acids is 1. The number of sulfonamides is 1. The fraction of sp³-hybridized carbons (Fsp3) is 0.368. The van der Waals surface area contributed by atoms with Gasteiger partial charge in [-0.15, -0.1) is 0 Å². The maximum absolute atomic E-state index is 12.9. The van der Waals surface area contributed by atoms with Crippen molar-refractivity contribution in [2.75, 3.05) is 18.4 Å². The van der Waals surface area contributed by atoms with Crippen LogP contribution in [0.3, 0.4) is 0 Å². The number of furan rings is 1. The molecule has 0 radical (unpaired) electrons. The summed E-state index contributed by atoms with van der Waals surface area (Å²) >= 11 is 5.11. The van der Waals surface area contributed by atoms with E-state index in [9.17, 15) is 13.2 Å². The number of benzene rings is 1. The van der Waals surface area contributed by atoms with Gasteiger partial charge >= 0.3 is 0 Å². The molecule has 1 fully saturated rings. The van der Waals surface area contributed by atoms with E-state index in [2.05, 4.69) is 24.5 Å². The van der Waals surface area contributed by atoms with Crippen molar-refractivity contribution in [1.29, 1.82) is 0 Å². The molecule has 150 valence electrons. The quantitative estimate of drug-likeness (QED) is 0.737. The van der Waals surface area contributed by atoms with Crippen LogP contribution in [0.2, 0.25) is 0 Å². The molecule has 2 heterocycles. The molecule has 1 aromatic carbocycles. The van der Waals surface area contributed by atoms with Gasteiger partial charge in [0.25, 0.3) is 5.91 Å². The molecule has 0 saturated carbocycles. The smallest absolute Gasteiger partial charge is 0.293 e. The normalized spacial score (nSPS) is 20.5. The first-order valence-corrected chi connectivity index (χ1v) is 10.9. The number of nitrogens with zero attached hydrogens (tertiary/aromatic N) is 1. The Bertz CT molecular complexity index is 930. The van der Waals surface area contributed by atoms with Gasteiger partial charge in [-0.2, -0.15) is 4.31 Å². The summed E-state index contributed by atoms with van der Waals surface area (Å²) in [5, 5.41) is 5.45. The van der Waals surface area contributed by atoms with E-state index in [1.165, 1.54) is 12.3 Å². The van der Waals surface area contributed by atoms with Gasteiger partial charge in [-0.05, 0) is 66.9 Å². The van der Waals surface area contributed by atoms with Gasteiger partial charge in [0.15, 0.2) is 10.9 Å². The monoisotopic (exact) mass is 421 g/mol. The van der Waals surface area contributed by atoms with Gasteiger partial charge in [0.1, 0.15) is 0 Å². The van der Waals surface area contributed by atoms with Crippen LogP contribution >= 0.6 is 12.2 Å². The molecule has 3 rings (SSSR count). The molecular formula is C19H23N3O4S2. The lowest BCUT2D eigenvalue weighted by Gasteiger charge is -2.34. The molecule has 0 aliphatic carbocycles. The van der Waals surface area contributed by atoms with Crippen molar-refractivity contribution in [3.63, 3.8) is 0 Å². The van der Waals surface area contributed by atoms with E-state index < -0.39 is 15.9 Å². The van der Waals surface area contributed by atoms with Crippen LogP contribution < -0.4 is 10.6 Å². The summed E-state index contributed by atoms with van der Waals surface area (Å²) in [4.78, 5) is 12.1. The number of nitrogens with one attached hydrogen (secondary N) is 2. The molecule has 7 nitrogen and oxygen atoms in total. The molecule has 2 aromatic rings. The van der Waals surface area contributed by atoms with Gasteiger partial charge in [-0.25, -0.2) is 8.42 Å². The van der Waals surface area contributed by atoms with Gasteiger partial charge in [0.05, 0.1) is 11.2 Å². The number of piperidine rings is 1. The first-order valence-electron chi connectivity index (χ1n) is 9.01. The number of rotatable bonds is 4. The Labute approximate surface area is 170 Å². The minimum Gasteiger partial charge on any atom is -0.459 e. The second-order valence-electron chi connectivity index (χ2n) is 7.18. The van der Waals surface area contributed by atoms with Gasteiger partial charge in [0.2, 0.25) is 10.0 Å². The summed E-state index contributed by atoms with van der Waals surface area (Å²) in [5.74, 6) is 0.370. The molecule has 1 saturated heterocycles. The minimum atomic E-state index is -3.53. The predicted molar refractivity (Wildman–Crippen MR) is 111 cm³/mol. The molecule has 1 aromatic heterocycles. The maximum Gasteiger partial charge on any atom is 0.293 e. The Kier molecular flexibility index (Phi) is 6.17. The summed E-state index contributed by atoms with van der Waals surface area (Å²) in [6.07, 6.45) is 2.43. The molecule has 2 unspecified atom stereocenters. The Morgan fingerprint density at radius 1 is 1.14 bits per heavy atom. The predicted octanol–water partition coefficient (Wildman–Crippen LogP) is 3.07. The molecule has 9 heteroatoms. The highest BCUT2D eigenvalue weighted by atomic mass is 32.2. The lowest BCUT2D eigenvalue weighted by atomic mass is 9.94. The largest absolute Gasteiger partial charge is 0.459 e. The average molecular weight is 422 g/mol. The highest BCUT2D eigenvalue weighted by molar-refractivity contribution is 7.89. The van der Waals surface area contributed by atoms with E-state index in [1.807, 2.05) is 0 Å². The topological polar surface area (TPSA) is 91.7 Å². The van der Waals surface area contributed by atoms with Crippen molar-refractivity contribution in [3.05, 3.63) is 48.4 Å². The van der Waals surface area contributed by atoms with Crippen LogP contribution in [0.25, 0.3) is 0 Å². The van der Waals surface area contributed by atoms with Crippen molar-refractivity contribution < 1.29 is 17.6 Å². The van der Waals surface area contributed by atoms with E-state index in [1.54, 1.807) is 34.6 Å². The SMILES string of the molecule is CC1CC(C)CN(S(=O)(=O)c2ccc(NC(=S)NC(=O)c3ccco3)cc2)C1.